The standard InChI is InChI=1S/C16H29N/c1-12-8-14(10-15(2,3)9-12)17-11-16(6-7-16)13-4-5-13/h12-14,17H,4-11H2,1-3H3. The van der Waals surface area contributed by atoms with Crippen molar-refractivity contribution in [3.05, 3.63) is 0 Å². The number of rotatable bonds is 4. The van der Waals surface area contributed by atoms with Crippen molar-refractivity contribution in [2.24, 2.45) is 22.7 Å². The molecular weight excluding hydrogens is 206 g/mol. The van der Waals surface area contributed by atoms with Gasteiger partial charge in [0.05, 0.1) is 0 Å². The van der Waals surface area contributed by atoms with Crippen molar-refractivity contribution in [2.45, 2.75) is 71.8 Å². The van der Waals surface area contributed by atoms with Crippen molar-refractivity contribution < 1.29 is 0 Å². The zero-order valence-corrected chi connectivity index (χ0v) is 11.9. The van der Waals surface area contributed by atoms with Crippen LogP contribution in [0.15, 0.2) is 0 Å². The molecule has 1 nitrogen and oxygen atoms in total. The van der Waals surface area contributed by atoms with E-state index in [4.69, 9.17) is 0 Å². The Hall–Kier alpha value is -0.0400. The van der Waals surface area contributed by atoms with Crippen molar-refractivity contribution in [1.82, 2.24) is 5.32 Å². The van der Waals surface area contributed by atoms with E-state index >= 15 is 0 Å². The first-order valence-electron chi connectivity index (χ1n) is 7.73. The van der Waals surface area contributed by atoms with Crippen molar-refractivity contribution in [3.8, 4) is 0 Å². The molecule has 98 valence electrons. The van der Waals surface area contributed by atoms with Gasteiger partial charge in [-0.3, -0.25) is 0 Å². The monoisotopic (exact) mass is 235 g/mol. The molecule has 0 heterocycles. The van der Waals surface area contributed by atoms with E-state index in [0.29, 0.717) is 5.41 Å². The van der Waals surface area contributed by atoms with Gasteiger partial charge in [0.15, 0.2) is 0 Å². The fourth-order valence-corrected chi connectivity index (χ4v) is 4.43. The summed E-state index contributed by atoms with van der Waals surface area (Å²) in [5.74, 6) is 2.01. The molecule has 3 fully saturated rings. The van der Waals surface area contributed by atoms with E-state index in [2.05, 4.69) is 26.1 Å². The summed E-state index contributed by atoms with van der Waals surface area (Å²) in [6.45, 7) is 8.66. The topological polar surface area (TPSA) is 12.0 Å². The van der Waals surface area contributed by atoms with Crippen LogP contribution in [0.25, 0.3) is 0 Å². The van der Waals surface area contributed by atoms with Crippen molar-refractivity contribution in [3.63, 3.8) is 0 Å². The molecule has 3 aliphatic carbocycles. The lowest BCUT2D eigenvalue weighted by atomic mass is 9.70. The second-order valence-corrected chi connectivity index (χ2v) is 8.13. The van der Waals surface area contributed by atoms with Crippen LogP contribution in [0.2, 0.25) is 0 Å². The molecule has 0 aromatic heterocycles. The Morgan fingerprint density at radius 2 is 1.82 bits per heavy atom. The van der Waals surface area contributed by atoms with Crippen molar-refractivity contribution in [1.29, 1.82) is 0 Å². The van der Waals surface area contributed by atoms with E-state index in [0.717, 1.165) is 23.3 Å². The molecule has 1 heteroatoms. The molecule has 0 bridgehead atoms. The van der Waals surface area contributed by atoms with Crippen LogP contribution in [0.5, 0.6) is 0 Å². The van der Waals surface area contributed by atoms with E-state index < -0.39 is 0 Å². The lowest BCUT2D eigenvalue weighted by Crippen LogP contribution is -2.42. The van der Waals surface area contributed by atoms with Crippen LogP contribution in [-0.2, 0) is 0 Å². The second-order valence-electron chi connectivity index (χ2n) is 8.13. The molecule has 0 aromatic rings. The van der Waals surface area contributed by atoms with Crippen LogP contribution in [0.1, 0.15) is 65.7 Å². The highest BCUT2D eigenvalue weighted by atomic mass is 14.9. The van der Waals surface area contributed by atoms with Crippen LogP contribution in [0.3, 0.4) is 0 Å². The Bertz CT molecular complexity index is 286. The molecule has 2 atom stereocenters. The first-order valence-corrected chi connectivity index (χ1v) is 7.73. The smallest absolute Gasteiger partial charge is 0.00749 e. The van der Waals surface area contributed by atoms with E-state index in [1.165, 1.54) is 51.5 Å². The van der Waals surface area contributed by atoms with Crippen LogP contribution < -0.4 is 5.32 Å². The van der Waals surface area contributed by atoms with Gasteiger partial charge in [-0.25, -0.2) is 0 Å². The van der Waals surface area contributed by atoms with Crippen LogP contribution in [-0.4, -0.2) is 12.6 Å². The van der Waals surface area contributed by atoms with Gasteiger partial charge in [0, 0.05) is 12.6 Å². The molecule has 3 saturated carbocycles. The van der Waals surface area contributed by atoms with Gasteiger partial charge in [0.2, 0.25) is 0 Å². The van der Waals surface area contributed by atoms with Gasteiger partial charge < -0.3 is 5.32 Å². The third kappa shape index (κ3) is 2.70. The van der Waals surface area contributed by atoms with Crippen molar-refractivity contribution >= 4 is 0 Å². The molecule has 0 aliphatic heterocycles. The van der Waals surface area contributed by atoms with Crippen LogP contribution in [0, 0.1) is 22.7 Å². The maximum absolute atomic E-state index is 3.93. The summed E-state index contributed by atoms with van der Waals surface area (Å²) in [7, 11) is 0. The van der Waals surface area contributed by atoms with Gasteiger partial charge in [-0.15, -0.1) is 0 Å². The Labute approximate surface area is 107 Å². The first kappa shape index (κ1) is 12.0. The normalized spacial score (nSPS) is 39.0. The fourth-order valence-electron chi connectivity index (χ4n) is 4.43. The minimum absolute atomic E-state index is 0.561. The Morgan fingerprint density at radius 3 is 2.35 bits per heavy atom. The van der Waals surface area contributed by atoms with Gasteiger partial charge in [-0.2, -0.15) is 0 Å². The highest BCUT2D eigenvalue weighted by Gasteiger charge is 2.53. The van der Waals surface area contributed by atoms with E-state index in [-0.39, 0.29) is 0 Å². The maximum Gasteiger partial charge on any atom is 0.00749 e. The lowest BCUT2D eigenvalue weighted by Gasteiger charge is -2.40. The highest BCUT2D eigenvalue weighted by Crippen LogP contribution is 2.61. The molecule has 0 radical (unpaired) electrons. The molecule has 0 aromatic carbocycles. The van der Waals surface area contributed by atoms with Gasteiger partial charge in [0.25, 0.3) is 0 Å². The quantitative estimate of drug-likeness (QED) is 0.777. The summed E-state index contributed by atoms with van der Waals surface area (Å²) < 4.78 is 0. The van der Waals surface area contributed by atoms with E-state index in [9.17, 15) is 0 Å². The van der Waals surface area contributed by atoms with Gasteiger partial charge in [0.1, 0.15) is 0 Å². The molecule has 2 unspecified atom stereocenters. The summed E-state index contributed by atoms with van der Waals surface area (Å²) >= 11 is 0. The summed E-state index contributed by atoms with van der Waals surface area (Å²) in [6, 6.07) is 0.796. The van der Waals surface area contributed by atoms with E-state index in [1.54, 1.807) is 0 Å². The Morgan fingerprint density at radius 1 is 1.12 bits per heavy atom. The molecular formula is C16H29N. The molecule has 17 heavy (non-hydrogen) atoms. The van der Waals surface area contributed by atoms with Gasteiger partial charge >= 0.3 is 0 Å². The molecule has 0 amide bonds. The third-order valence-corrected chi connectivity index (χ3v) is 5.47. The predicted molar refractivity (Wildman–Crippen MR) is 73.0 cm³/mol. The van der Waals surface area contributed by atoms with Gasteiger partial charge in [-0.1, -0.05) is 20.8 Å². The predicted octanol–water partition coefficient (Wildman–Crippen LogP) is 3.98. The summed E-state index contributed by atoms with van der Waals surface area (Å²) in [5.41, 5.74) is 1.33. The number of hydrogen-bond acceptors (Lipinski definition) is 1. The largest absolute Gasteiger partial charge is 0.313 e. The van der Waals surface area contributed by atoms with Crippen molar-refractivity contribution in [2.75, 3.05) is 6.54 Å². The molecule has 1 N–H and O–H groups in total. The zero-order chi connectivity index (χ0) is 12.1. The Balaban J connectivity index is 1.51. The summed E-state index contributed by atoms with van der Waals surface area (Å²) in [5, 5.41) is 3.93. The number of hydrogen-bond donors (Lipinski definition) is 1. The molecule has 3 aliphatic rings. The van der Waals surface area contributed by atoms with Gasteiger partial charge in [-0.05, 0) is 67.6 Å². The third-order valence-electron chi connectivity index (χ3n) is 5.47. The average molecular weight is 235 g/mol. The second kappa shape index (κ2) is 3.98. The number of nitrogens with one attached hydrogen (secondary N) is 1. The lowest BCUT2D eigenvalue weighted by molar-refractivity contribution is 0.146. The first-order chi connectivity index (χ1) is 7.99. The SMILES string of the molecule is CC1CC(NCC2(C3CC3)CC2)CC(C)(C)C1. The molecule has 0 saturated heterocycles. The average Bonchev–Trinajstić information content (AvgIpc) is 3.05. The molecule has 3 rings (SSSR count). The maximum atomic E-state index is 3.93. The van der Waals surface area contributed by atoms with Crippen LogP contribution >= 0.6 is 0 Å². The summed E-state index contributed by atoms with van der Waals surface area (Å²) in [6.07, 6.45) is 10.3. The minimum atomic E-state index is 0.561. The Kier molecular flexibility index (Phi) is 2.81. The van der Waals surface area contributed by atoms with Crippen LogP contribution in [0.4, 0.5) is 0 Å². The zero-order valence-electron chi connectivity index (χ0n) is 11.9. The molecule has 0 spiro atoms. The highest BCUT2D eigenvalue weighted by molar-refractivity contribution is 5.05. The minimum Gasteiger partial charge on any atom is -0.313 e. The summed E-state index contributed by atoms with van der Waals surface area (Å²) in [4.78, 5) is 0. The van der Waals surface area contributed by atoms with E-state index in [1.807, 2.05) is 0 Å². The fraction of sp³-hybridized carbons (Fsp3) is 1.00.